The van der Waals surface area contributed by atoms with E-state index in [4.69, 9.17) is 4.42 Å². The van der Waals surface area contributed by atoms with Gasteiger partial charge in [0.2, 0.25) is 0 Å². The smallest absolute Gasteiger partial charge is 0.307 e. The lowest BCUT2D eigenvalue weighted by atomic mass is 10.1. The third-order valence-corrected chi connectivity index (χ3v) is 4.94. The zero-order valence-electron chi connectivity index (χ0n) is 14.9. The number of aromatic nitrogens is 3. The fraction of sp³-hybridized carbons (Fsp3) is 0.350. The number of hydrogen-bond acceptors (Lipinski definition) is 5. The van der Waals surface area contributed by atoms with Gasteiger partial charge in [-0.25, -0.2) is 9.97 Å². The van der Waals surface area contributed by atoms with E-state index < -0.39 is 6.10 Å². The minimum atomic E-state index is -0.568. The predicted octanol–water partition coefficient (Wildman–Crippen LogP) is 2.03. The third-order valence-electron chi connectivity index (χ3n) is 4.94. The molecule has 0 aliphatic heterocycles. The largest absolute Gasteiger partial charge is 0.437 e. The molecule has 3 aromatic rings. The first-order chi connectivity index (χ1) is 13.2. The summed E-state index contributed by atoms with van der Waals surface area (Å²) in [5, 5.41) is 13.2. The Balaban J connectivity index is 1.33. The maximum absolute atomic E-state index is 12.4. The monoisotopic (exact) mass is 366 g/mol. The number of hydrogen-bond donors (Lipinski definition) is 2. The molecule has 1 aliphatic carbocycles. The molecule has 0 saturated heterocycles. The Kier molecular flexibility index (Phi) is 5.02. The van der Waals surface area contributed by atoms with Crippen molar-refractivity contribution in [2.45, 2.75) is 38.0 Å². The lowest BCUT2D eigenvalue weighted by Gasteiger charge is -2.15. The van der Waals surface area contributed by atoms with Crippen LogP contribution in [0.4, 0.5) is 0 Å². The number of amides is 1. The molecule has 0 bridgehead atoms. The second-order valence-corrected chi connectivity index (χ2v) is 7.04. The van der Waals surface area contributed by atoms with Gasteiger partial charge in [0.05, 0.1) is 24.7 Å². The fourth-order valence-electron chi connectivity index (χ4n) is 3.64. The van der Waals surface area contributed by atoms with Crippen LogP contribution in [0.25, 0.3) is 0 Å². The highest BCUT2D eigenvalue weighted by atomic mass is 16.4. The van der Waals surface area contributed by atoms with Crippen molar-refractivity contribution in [2.24, 2.45) is 5.92 Å². The van der Waals surface area contributed by atoms with Crippen LogP contribution in [0.3, 0.4) is 0 Å². The number of nitrogens with one attached hydrogen (secondary N) is 1. The summed E-state index contributed by atoms with van der Waals surface area (Å²) in [5.41, 5.74) is 1.09. The van der Waals surface area contributed by atoms with E-state index in [-0.39, 0.29) is 23.8 Å². The normalized spacial score (nSPS) is 22.0. The number of imidazole rings is 1. The first kappa shape index (κ1) is 17.5. The van der Waals surface area contributed by atoms with Gasteiger partial charge >= 0.3 is 5.91 Å². The molecule has 1 fully saturated rings. The number of oxazole rings is 1. The molecule has 2 heterocycles. The summed E-state index contributed by atoms with van der Waals surface area (Å²) in [4.78, 5) is 20.6. The van der Waals surface area contributed by atoms with Crippen LogP contribution >= 0.6 is 0 Å². The van der Waals surface area contributed by atoms with Crippen LogP contribution in [0.5, 0.6) is 0 Å². The predicted molar refractivity (Wildman–Crippen MR) is 98.0 cm³/mol. The molecule has 1 saturated carbocycles. The highest BCUT2D eigenvalue weighted by Crippen LogP contribution is 2.27. The zero-order valence-corrected chi connectivity index (χ0v) is 14.9. The minimum absolute atomic E-state index is 0.0335. The number of benzene rings is 1. The van der Waals surface area contributed by atoms with E-state index in [1.54, 1.807) is 18.7 Å². The van der Waals surface area contributed by atoms with Crippen molar-refractivity contribution >= 4 is 5.91 Å². The second kappa shape index (κ2) is 7.75. The Morgan fingerprint density at radius 1 is 1.30 bits per heavy atom. The summed E-state index contributed by atoms with van der Waals surface area (Å²) in [6.07, 6.45) is 8.35. The molecule has 7 nitrogen and oxygen atoms in total. The van der Waals surface area contributed by atoms with E-state index in [1.165, 1.54) is 0 Å². The number of rotatable bonds is 6. The van der Waals surface area contributed by atoms with Crippen molar-refractivity contribution in [1.82, 2.24) is 19.9 Å². The van der Waals surface area contributed by atoms with Gasteiger partial charge in [0, 0.05) is 25.4 Å². The topological polar surface area (TPSA) is 93.2 Å². The molecule has 0 radical (unpaired) electrons. The van der Waals surface area contributed by atoms with Gasteiger partial charge in [0.25, 0.3) is 5.89 Å². The van der Waals surface area contributed by atoms with E-state index in [0.29, 0.717) is 25.0 Å². The van der Waals surface area contributed by atoms with Gasteiger partial charge < -0.3 is 19.4 Å². The number of nitrogens with zero attached hydrogens (tertiary/aromatic N) is 3. The molecule has 27 heavy (non-hydrogen) atoms. The maximum Gasteiger partial charge on any atom is 0.307 e. The fourth-order valence-corrected chi connectivity index (χ4v) is 3.64. The van der Waals surface area contributed by atoms with Crippen molar-refractivity contribution in [1.29, 1.82) is 0 Å². The van der Waals surface area contributed by atoms with Gasteiger partial charge in [-0.05, 0) is 24.3 Å². The van der Waals surface area contributed by atoms with E-state index >= 15 is 0 Å². The molecule has 2 aromatic heterocycles. The molecule has 3 atom stereocenters. The number of aliphatic hydroxyl groups excluding tert-OH is 1. The molecular formula is C20H22N4O3. The first-order valence-corrected chi connectivity index (χ1v) is 9.10. The van der Waals surface area contributed by atoms with Crippen molar-refractivity contribution in [3.05, 3.63) is 72.5 Å². The van der Waals surface area contributed by atoms with Crippen LogP contribution in [-0.4, -0.2) is 37.7 Å². The molecule has 0 spiro atoms. The Labute approximate surface area is 157 Å². The lowest BCUT2D eigenvalue weighted by molar-refractivity contribution is 0.0838. The molecule has 140 valence electrons. The van der Waals surface area contributed by atoms with Crippen molar-refractivity contribution in [3.63, 3.8) is 0 Å². The lowest BCUT2D eigenvalue weighted by Crippen LogP contribution is -2.40. The highest BCUT2D eigenvalue weighted by molar-refractivity contribution is 5.89. The van der Waals surface area contributed by atoms with Crippen LogP contribution < -0.4 is 5.32 Å². The van der Waals surface area contributed by atoms with Crippen LogP contribution in [-0.2, 0) is 13.0 Å². The van der Waals surface area contributed by atoms with Gasteiger partial charge in [-0.15, -0.1) is 0 Å². The van der Waals surface area contributed by atoms with Crippen LogP contribution in [0.2, 0.25) is 0 Å². The summed E-state index contributed by atoms with van der Waals surface area (Å²) in [5.74, 6) is 0.571. The average molecular weight is 366 g/mol. The first-order valence-electron chi connectivity index (χ1n) is 9.10. The Morgan fingerprint density at radius 3 is 2.93 bits per heavy atom. The maximum atomic E-state index is 12.4. The standard InChI is InChI=1S/C20H22N4O3/c25-18-10-15(12-24-7-6-21-13-24)9-17(18)23-19(26)20-22-11-16(27-20)8-14-4-2-1-3-5-14/h1-7,11,13,15,17-18,25H,8-10,12H2,(H,23,26)/t15?,17-,18-/m1/s1. The SMILES string of the molecule is O=C(N[C@@H]1CC(Cn2ccnc2)C[C@H]1O)c1ncc(Cc2ccccc2)o1. The van der Waals surface area contributed by atoms with E-state index in [0.717, 1.165) is 12.1 Å². The highest BCUT2D eigenvalue weighted by Gasteiger charge is 2.34. The van der Waals surface area contributed by atoms with Gasteiger partial charge in [0.1, 0.15) is 5.76 Å². The Hall–Kier alpha value is -2.93. The Bertz CT molecular complexity index is 876. The van der Waals surface area contributed by atoms with Crippen LogP contribution in [0.15, 0.2) is 59.7 Å². The molecule has 1 aromatic carbocycles. The zero-order chi connectivity index (χ0) is 18.6. The van der Waals surface area contributed by atoms with Gasteiger partial charge in [-0.1, -0.05) is 30.3 Å². The van der Waals surface area contributed by atoms with E-state index in [1.807, 2.05) is 41.1 Å². The molecule has 7 heteroatoms. The summed E-state index contributed by atoms with van der Waals surface area (Å²) >= 11 is 0. The minimum Gasteiger partial charge on any atom is -0.437 e. The summed E-state index contributed by atoms with van der Waals surface area (Å²) in [6.45, 7) is 0.781. The van der Waals surface area contributed by atoms with Gasteiger partial charge in [0.15, 0.2) is 0 Å². The molecule has 1 unspecified atom stereocenters. The van der Waals surface area contributed by atoms with Crippen molar-refractivity contribution in [3.8, 4) is 0 Å². The summed E-state index contributed by atoms with van der Waals surface area (Å²) < 4.78 is 7.58. The second-order valence-electron chi connectivity index (χ2n) is 7.04. The van der Waals surface area contributed by atoms with Crippen molar-refractivity contribution < 1.29 is 14.3 Å². The summed E-state index contributed by atoms with van der Waals surface area (Å²) in [7, 11) is 0. The Morgan fingerprint density at radius 2 is 2.15 bits per heavy atom. The third kappa shape index (κ3) is 4.25. The van der Waals surface area contributed by atoms with Gasteiger partial charge in [-0.2, -0.15) is 0 Å². The molecular weight excluding hydrogens is 344 g/mol. The number of aliphatic hydroxyl groups is 1. The van der Waals surface area contributed by atoms with Gasteiger partial charge in [-0.3, -0.25) is 4.79 Å². The number of carbonyl (C=O) groups is 1. The molecule has 2 N–H and O–H groups in total. The average Bonchev–Trinajstić information content (AvgIpc) is 3.39. The molecule has 4 rings (SSSR count). The summed E-state index contributed by atoms with van der Waals surface area (Å²) in [6, 6.07) is 9.57. The van der Waals surface area contributed by atoms with E-state index in [2.05, 4.69) is 15.3 Å². The van der Waals surface area contributed by atoms with Crippen LogP contribution in [0.1, 0.15) is 34.9 Å². The van der Waals surface area contributed by atoms with Crippen LogP contribution in [0, 0.1) is 5.92 Å². The van der Waals surface area contributed by atoms with E-state index in [9.17, 15) is 9.90 Å². The van der Waals surface area contributed by atoms with Crippen molar-refractivity contribution in [2.75, 3.05) is 0 Å². The quantitative estimate of drug-likeness (QED) is 0.696. The molecule has 1 amide bonds. The number of carbonyl (C=O) groups excluding carboxylic acids is 1. The molecule has 1 aliphatic rings.